The van der Waals surface area contributed by atoms with Crippen LogP contribution < -0.4 is 9.47 Å². The van der Waals surface area contributed by atoms with Crippen LogP contribution in [-0.4, -0.2) is 19.0 Å². The predicted octanol–water partition coefficient (Wildman–Crippen LogP) is 3.92. The van der Waals surface area contributed by atoms with Crippen molar-refractivity contribution in [3.63, 3.8) is 0 Å². The Kier molecular flexibility index (Phi) is 4.24. The van der Waals surface area contributed by atoms with Crippen LogP contribution in [0.3, 0.4) is 0 Å². The van der Waals surface area contributed by atoms with Crippen molar-refractivity contribution >= 4 is 11.9 Å². The van der Waals surface area contributed by atoms with Crippen molar-refractivity contribution in [1.29, 1.82) is 0 Å². The van der Waals surface area contributed by atoms with Crippen LogP contribution >= 0.6 is 0 Å². The molecule has 3 nitrogen and oxygen atoms in total. The lowest BCUT2D eigenvalue weighted by atomic mass is 9.99. The van der Waals surface area contributed by atoms with E-state index in [1.54, 1.807) is 12.1 Å². The molecule has 3 rings (SSSR count). The summed E-state index contributed by atoms with van der Waals surface area (Å²) >= 11 is 0. The smallest absolute Gasteiger partial charge is 0.186 e. The van der Waals surface area contributed by atoms with Gasteiger partial charge in [-0.3, -0.25) is 4.79 Å². The molecule has 22 heavy (non-hydrogen) atoms. The Morgan fingerprint density at radius 1 is 1.09 bits per heavy atom. The Labute approximate surface area is 130 Å². The minimum absolute atomic E-state index is 0.0160. The molecule has 2 aromatic carbocycles. The SMILES string of the molecule is CCc1cc2c(cc1C(=O)/C=C/c1ccccc1)OCCO2. The molecule has 1 aliphatic rings. The Bertz CT molecular complexity index is 702. The molecule has 0 spiro atoms. The molecule has 0 radical (unpaired) electrons. The molecule has 0 saturated carbocycles. The van der Waals surface area contributed by atoms with E-state index in [1.807, 2.05) is 49.4 Å². The minimum Gasteiger partial charge on any atom is -0.486 e. The fraction of sp³-hybridized carbons (Fsp3) is 0.211. The Morgan fingerprint density at radius 2 is 1.77 bits per heavy atom. The van der Waals surface area contributed by atoms with Gasteiger partial charge in [0, 0.05) is 5.56 Å². The molecule has 3 heteroatoms. The zero-order chi connectivity index (χ0) is 15.4. The third kappa shape index (κ3) is 3.03. The van der Waals surface area contributed by atoms with E-state index in [9.17, 15) is 4.79 Å². The Balaban J connectivity index is 1.90. The van der Waals surface area contributed by atoms with Crippen LogP contribution in [0.4, 0.5) is 0 Å². The van der Waals surface area contributed by atoms with Crippen LogP contribution in [0.2, 0.25) is 0 Å². The summed E-state index contributed by atoms with van der Waals surface area (Å²) in [4.78, 5) is 12.5. The third-order valence-corrected chi connectivity index (χ3v) is 3.64. The highest BCUT2D eigenvalue weighted by atomic mass is 16.6. The lowest BCUT2D eigenvalue weighted by Gasteiger charge is -2.20. The molecule has 2 aromatic rings. The molecule has 1 heterocycles. The van der Waals surface area contributed by atoms with Gasteiger partial charge in [-0.1, -0.05) is 43.3 Å². The van der Waals surface area contributed by atoms with Gasteiger partial charge in [0.25, 0.3) is 0 Å². The van der Waals surface area contributed by atoms with Crippen LogP contribution in [0.15, 0.2) is 48.5 Å². The van der Waals surface area contributed by atoms with E-state index in [0.29, 0.717) is 24.5 Å². The standard InChI is InChI=1S/C19H18O3/c1-2-15-12-18-19(22-11-10-21-18)13-16(15)17(20)9-8-14-6-4-3-5-7-14/h3-9,12-13H,2,10-11H2,1H3/b9-8+. The van der Waals surface area contributed by atoms with Crippen molar-refractivity contribution in [2.24, 2.45) is 0 Å². The van der Waals surface area contributed by atoms with Crippen LogP contribution in [0.5, 0.6) is 11.5 Å². The third-order valence-electron chi connectivity index (χ3n) is 3.64. The van der Waals surface area contributed by atoms with Gasteiger partial charge in [-0.15, -0.1) is 0 Å². The van der Waals surface area contributed by atoms with E-state index in [2.05, 4.69) is 0 Å². The summed E-state index contributed by atoms with van der Waals surface area (Å²) in [6.45, 7) is 3.10. The molecule has 0 saturated heterocycles. The number of allylic oxidation sites excluding steroid dienone is 1. The van der Waals surface area contributed by atoms with Gasteiger partial charge in [-0.2, -0.15) is 0 Å². The molecule has 0 aliphatic carbocycles. The molecule has 0 fully saturated rings. The number of ketones is 1. The summed E-state index contributed by atoms with van der Waals surface area (Å²) in [5.74, 6) is 1.37. The first-order valence-corrected chi connectivity index (χ1v) is 7.48. The van der Waals surface area contributed by atoms with E-state index in [1.165, 1.54) is 0 Å². The lowest BCUT2D eigenvalue weighted by molar-refractivity contribution is 0.104. The van der Waals surface area contributed by atoms with E-state index in [-0.39, 0.29) is 5.78 Å². The van der Waals surface area contributed by atoms with Gasteiger partial charge in [-0.05, 0) is 35.8 Å². The summed E-state index contributed by atoms with van der Waals surface area (Å²) in [6, 6.07) is 13.5. The second-order valence-electron chi connectivity index (χ2n) is 5.11. The molecular weight excluding hydrogens is 276 g/mol. The monoisotopic (exact) mass is 294 g/mol. The first-order valence-electron chi connectivity index (χ1n) is 7.48. The second-order valence-corrected chi connectivity index (χ2v) is 5.11. The topological polar surface area (TPSA) is 35.5 Å². The molecule has 0 N–H and O–H groups in total. The number of fused-ring (bicyclic) bond motifs is 1. The number of carbonyl (C=O) groups is 1. The van der Waals surface area contributed by atoms with Crippen LogP contribution in [0.1, 0.15) is 28.4 Å². The number of aryl methyl sites for hydroxylation is 1. The molecule has 0 aromatic heterocycles. The number of benzene rings is 2. The highest BCUT2D eigenvalue weighted by Crippen LogP contribution is 2.33. The minimum atomic E-state index is -0.0160. The summed E-state index contributed by atoms with van der Waals surface area (Å²) in [6.07, 6.45) is 4.22. The van der Waals surface area contributed by atoms with E-state index in [4.69, 9.17) is 9.47 Å². The van der Waals surface area contributed by atoms with Crippen molar-refractivity contribution in [1.82, 2.24) is 0 Å². The van der Waals surface area contributed by atoms with Crippen molar-refractivity contribution in [2.75, 3.05) is 13.2 Å². The summed E-state index contributed by atoms with van der Waals surface area (Å²) in [5.41, 5.74) is 2.66. The van der Waals surface area contributed by atoms with Gasteiger partial charge in [0.2, 0.25) is 0 Å². The number of hydrogen-bond donors (Lipinski definition) is 0. The average Bonchev–Trinajstić information content (AvgIpc) is 2.59. The van der Waals surface area contributed by atoms with Gasteiger partial charge < -0.3 is 9.47 Å². The highest BCUT2D eigenvalue weighted by molar-refractivity contribution is 6.08. The summed E-state index contributed by atoms with van der Waals surface area (Å²) in [7, 11) is 0. The normalized spacial score (nSPS) is 13.3. The fourth-order valence-electron chi connectivity index (χ4n) is 2.48. The van der Waals surface area contributed by atoms with Gasteiger partial charge in [0.1, 0.15) is 13.2 Å². The Morgan fingerprint density at radius 3 is 2.45 bits per heavy atom. The zero-order valence-electron chi connectivity index (χ0n) is 12.5. The van der Waals surface area contributed by atoms with Crippen LogP contribution in [-0.2, 0) is 6.42 Å². The van der Waals surface area contributed by atoms with Crippen molar-refractivity contribution in [2.45, 2.75) is 13.3 Å². The van der Waals surface area contributed by atoms with Gasteiger partial charge in [0.15, 0.2) is 17.3 Å². The van der Waals surface area contributed by atoms with Gasteiger partial charge >= 0.3 is 0 Å². The van der Waals surface area contributed by atoms with Crippen molar-refractivity contribution < 1.29 is 14.3 Å². The molecular formula is C19H18O3. The number of ether oxygens (including phenoxy) is 2. The summed E-state index contributed by atoms with van der Waals surface area (Å²) < 4.78 is 11.2. The molecule has 112 valence electrons. The average molecular weight is 294 g/mol. The summed E-state index contributed by atoms with van der Waals surface area (Å²) in [5, 5.41) is 0. The fourth-order valence-corrected chi connectivity index (χ4v) is 2.48. The van der Waals surface area contributed by atoms with E-state index >= 15 is 0 Å². The largest absolute Gasteiger partial charge is 0.486 e. The van der Waals surface area contributed by atoms with Crippen molar-refractivity contribution in [3.8, 4) is 11.5 Å². The molecule has 0 atom stereocenters. The molecule has 0 bridgehead atoms. The van der Waals surface area contributed by atoms with E-state index < -0.39 is 0 Å². The molecule has 1 aliphatic heterocycles. The number of carbonyl (C=O) groups excluding carboxylic acids is 1. The maximum absolute atomic E-state index is 12.5. The molecule has 0 amide bonds. The lowest BCUT2D eigenvalue weighted by Crippen LogP contribution is -2.16. The predicted molar refractivity (Wildman–Crippen MR) is 86.6 cm³/mol. The first kappa shape index (κ1) is 14.4. The maximum Gasteiger partial charge on any atom is 0.186 e. The zero-order valence-corrected chi connectivity index (χ0v) is 12.5. The number of hydrogen-bond acceptors (Lipinski definition) is 3. The maximum atomic E-state index is 12.5. The Hall–Kier alpha value is -2.55. The molecule has 0 unspecified atom stereocenters. The van der Waals surface area contributed by atoms with Gasteiger partial charge in [-0.25, -0.2) is 0 Å². The van der Waals surface area contributed by atoms with Crippen LogP contribution in [0.25, 0.3) is 6.08 Å². The number of rotatable bonds is 4. The highest BCUT2D eigenvalue weighted by Gasteiger charge is 2.17. The van der Waals surface area contributed by atoms with E-state index in [0.717, 1.165) is 23.3 Å². The first-order chi connectivity index (χ1) is 10.8. The second kappa shape index (κ2) is 6.48. The van der Waals surface area contributed by atoms with Crippen LogP contribution in [0, 0.1) is 0 Å². The van der Waals surface area contributed by atoms with Crippen molar-refractivity contribution in [3.05, 3.63) is 65.2 Å². The quantitative estimate of drug-likeness (QED) is 0.633. The van der Waals surface area contributed by atoms with Gasteiger partial charge in [0.05, 0.1) is 0 Å².